The van der Waals surface area contributed by atoms with Gasteiger partial charge in [-0.25, -0.2) is 0 Å². The first-order valence-corrected chi connectivity index (χ1v) is 9.02. The lowest BCUT2D eigenvalue weighted by molar-refractivity contribution is 0.297. The van der Waals surface area contributed by atoms with Crippen molar-refractivity contribution in [1.29, 1.82) is 0 Å². The SMILES string of the molecule is C=C(O)CC1COc2cc(OCCCCCc3ccccc3)ccc21. The summed E-state index contributed by atoms with van der Waals surface area (Å²) in [5.41, 5.74) is 2.53. The zero-order valence-corrected chi connectivity index (χ0v) is 14.6. The van der Waals surface area contributed by atoms with E-state index in [9.17, 15) is 5.11 Å². The summed E-state index contributed by atoms with van der Waals surface area (Å²) in [7, 11) is 0. The Morgan fingerprint density at radius 2 is 1.96 bits per heavy atom. The fraction of sp³-hybridized carbons (Fsp3) is 0.364. The number of aliphatic hydroxyl groups excluding tert-OH is 1. The minimum atomic E-state index is 0.194. The predicted octanol–water partition coefficient (Wildman–Crippen LogP) is 5.42. The first-order valence-electron chi connectivity index (χ1n) is 9.02. The van der Waals surface area contributed by atoms with Gasteiger partial charge in [0.1, 0.15) is 11.5 Å². The van der Waals surface area contributed by atoms with Crippen LogP contribution >= 0.6 is 0 Å². The lowest BCUT2D eigenvalue weighted by Gasteiger charge is -2.09. The Kier molecular flexibility index (Phi) is 5.99. The Morgan fingerprint density at radius 1 is 1.12 bits per heavy atom. The summed E-state index contributed by atoms with van der Waals surface area (Å²) in [6.07, 6.45) is 5.09. The van der Waals surface area contributed by atoms with Crippen molar-refractivity contribution in [2.24, 2.45) is 0 Å². The maximum atomic E-state index is 9.38. The molecule has 0 saturated heterocycles. The van der Waals surface area contributed by atoms with Crippen LogP contribution in [0.1, 0.15) is 42.7 Å². The van der Waals surface area contributed by atoms with Crippen LogP contribution in [0.3, 0.4) is 0 Å². The van der Waals surface area contributed by atoms with Crippen LogP contribution < -0.4 is 9.47 Å². The van der Waals surface area contributed by atoms with Gasteiger partial charge in [-0.15, -0.1) is 0 Å². The van der Waals surface area contributed by atoms with Crippen molar-refractivity contribution in [3.8, 4) is 11.5 Å². The molecule has 0 aromatic heterocycles. The maximum Gasteiger partial charge on any atom is 0.126 e. The van der Waals surface area contributed by atoms with Gasteiger partial charge >= 0.3 is 0 Å². The molecule has 0 bridgehead atoms. The van der Waals surface area contributed by atoms with Gasteiger partial charge in [0.2, 0.25) is 0 Å². The van der Waals surface area contributed by atoms with Crippen molar-refractivity contribution in [3.63, 3.8) is 0 Å². The number of aliphatic hydroxyl groups is 1. The normalized spacial score (nSPS) is 15.4. The number of hydrogen-bond donors (Lipinski definition) is 1. The van der Waals surface area contributed by atoms with E-state index in [1.165, 1.54) is 12.0 Å². The molecule has 1 heterocycles. The predicted molar refractivity (Wildman–Crippen MR) is 101 cm³/mol. The molecule has 0 radical (unpaired) electrons. The Bertz CT molecular complexity index is 694. The minimum Gasteiger partial charge on any atom is -0.513 e. The first kappa shape index (κ1) is 17.4. The number of ether oxygens (including phenoxy) is 2. The molecule has 2 aromatic carbocycles. The second-order valence-electron chi connectivity index (χ2n) is 6.62. The van der Waals surface area contributed by atoms with Crippen molar-refractivity contribution < 1.29 is 14.6 Å². The molecule has 0 aliphatic carbocycles. The van der Waals surface area contributed by atoms with Gasteiger partial charge in [-0.3, -0.25) is 0 Å². The summed E-state index contributed by atoms with van der Waals surface area (Å²) in [6.45, 7) is 4.89. The molecular formula is C22H26O3. The van der Waals surface area contributed by atoms with Crippen LogP contribution in [0.25, 0.3) is 0 Å². The van der Waals surface area contributed by atoms with Gasteiger partial charge in [-0.05, 0) is 37.3 Å². The van der Waals surface area contributed by atoms with E-state index < -0.39 is 0 Å². The van der Waals surface area contributed by atoms with Crippen molar-refractivity contribution in [2.45, 2.75) is 38.0 Å². The third kappa shape index (κ3) is 5.02. The molecule has 1 aliphatic rings. The molecule has 0 fully saturated rings. The van der Waals surface area contributed by atoms with Crippen LogP contribution in [0.4, 0.5) is 0 Å². The lowest BCUT2D eigenvalue weighted by Crippen LogP contribution is -2.01. The van der Waals surface area contributed by atoms with Gasteiger partial charge < -0.3 is 14.6 Å². The molecule has 132 valence electrons. The van der Waals surface area contributed by atoms with Crippen LogP contribution in [-0.2, 0) is 6.42 Å². The molecule has 0 saturated carbocycles. The van der Waals surface area contributed by atoms with Crippen molar-refractivity contribution >= 4 is 0 Å². The van der Waals surface area contributed by atoms with E-state index in [4.69, 9.17) is 9.47 Å². The Morgan fingerprint density at radius 3 is 2.76 bits per heavy atom. The maximum absolute atomic E-state index is 9.38. The standard InChI is InChI=1S/C22H26O3/c1-17(23)14-19-16-25-22-15-20(11-12-21(19)22)24-13-7-3-6-10-18-8-4-2-5-9-18/h2,4-5,8-9,11-12,15,19,23H,1,3,6-7,10,13-14,16H2. The van der Waals surface area contributed by atoms with E-state index in [-0.39, 0.29) is 11.7 Å². The van der Waals surface area contributed by atoms with Crippen LogP contribution in [0.2, 0.25) is 0 Å². The number of unbranched alkanes of at least 4 members (excludes halogenated alkanes) is 2. The second kappa shape index (κ2) is 8.61. The lowest BCUT2D eigenvalue weighted by atomic mass is 9.97. The van der Waals surface area contributed by atoms with E-state index in [1.54, 1.807) is 0 Å². The molecule has 2 aromatic rings. The van der Waals surface area contributed by atoms with Gasteiger partial charge in [0.15, 0.2) is 0 Å². The van der Waals surface area contributed by atoms with E-state index in [2.05, 4.69) is 36.9 Å². The minimum absolute atomic E-state index is 0.194. The van der Waals surface area contributed by atoms with Gasteiger partial charge in [-0.2, -0.15) is 0 Å². The average Bonchev–Trinajstić information content (AvgIpc) is 3.00. The van der Waals surface area contributed by atoms with Crippen molar-refractivity contribution in [1.82, 2.24) is 0 Å². The highest BCUT2D eigenvalue weighted by Gasteiger charge is 2.25. The highest BCUT2D eigenvalue weighted by Crippen LogP contribution is 2.39. The number of fused-ring (bicyclic) bond motifs is 1. The van der Waals surface area contributed by atoms with Gasteiger partial charge in [-0.1, -0.05) is 43.0 Å². The number of aryl methyl sites for hydroxylation is 1. The molecule has 0 amide bonds. The molecule has 1 unspecified atom stereocenters. The van der Waals surface area contributed by atoms with E-state index in [0.29, 0.717) is 13.0 Å². The van der Waals surface area contributed by atoms with Crippen LogP contribution in [0, 0.1) is 0 Å². The quantitative estimate of drug-likeness (QED) is 0.490. The summed E-state index contributed by atoms with van der Waals surface area (Å²) >= 11 is 0. The fourth-order valence-electron chi connectivity index (χ4n) is 3.24. The Balaban J connectivity index is 1.39. The molecule has 3 nitrogen and oxygen atoms in total. The molecule has 25 heavy (non-hydrogen) atoms. The largest absolute Gasteiger partial charge is 0.513 e. The molecule has 1 atom stereocenters. The third-order valence-corrected chi connectivity index (χ3v) is 4.57. The van der Waals surface area contributed by atoms with Gasteiger partial charge in [0, 0.05) is 24.0 Å². The highest BCUT2D eigenvalue weighted by molar-refractivity contribution is 5.45. The molecule has 3 heteroatoms. The summed E-state index contributed by atoms with van der Waals surface area (Å²) in [5, 5.41) is 9.38. The Hall–Kier alpha value is -2.42. The number of rotatable bonds is 9. The van der Waals surface area contributed by atoms with Crippen molar-refractivity contribution in [2.75, 3.05) is 13.2 Å². The van der Waals surface area contributed by atoms with Crippen LogP contribution in [0.5, 0.6) is 11.5 Å². The summed E-state index contributed by atoms with van der Waals surface area (Å²) < 4.78 is 11.6. The molecule has 3 rings (SSSR count). The third-order valence-electron chi connectivity index (χ3n) is 4.57. The van der Waals surface area contributed by atoms with E-state index in [0.717, 1.165) is 42.9 Å². The highest BCUT2D eigenvalue weighted by atomic mass is 16.5. The van der Waals surface area contributed by atoms with Gasteiger partial charge in [0.25, 0.3) is 0 Å². The monoisotopic (exact) mass is 338 g/mol. The number of allylic oxidation sites excluding steroid dienone is 1. The first-order chi connectivity index (χ1) is 12.2. The van der Waals surface area contributed by atoms with E-state index >= 15 is 0 Å². The summed E-state index contributed by atoms with van der Waals surface area (Å²) in [6, 6.07) is 16.6. The zero-order valence-electron chi connectivity index (χ0n) is 14.6. The van der Waals surface area contributed by atoms with Crippen LogP contribution in [0.15, 0.2) is 60.9 Å². The summed E-state index contributed by atoms with van der Waals surface area (Å²) in [5.74, 6) is 2.12. The van der Waals surface area contributed by atoms with Crippen molar-refractivity contribution in [3.05, 3.63) is 72.0 Å². The topological polar surface area (TPSA) is 38.7 Å². The van der Waals surface area contributed by atoms with Crippen LogP contribution in [-0.4, -0.2) is 18.3 Å². The number of benzene rings is 2. The average molecular weight is 338 g/mol. The molecular weight excluding hydrogens is 312 g/mol. The summed E-state index contributed by atoms with van der Waals surface area (Å²) in [4.78, 5) is 0. The molecule has 1 N–H and O–H groups in total. The fourth-order valence-corrected chi connectivity index (χ4v) is 3.24. The van der Waals surface area contributed by atoms with Gasteiger partial charge in [0.05, 0.1) is 19.0 Å². The number of hydrogen-bond acceptors (Lipinski definition) is 3. The second-order valence-corrected chi connectivity index (χ2v) is 6.62. The zero-order chi connectivity index (χ0) is 17.5. The molecule has 1 aliphatic heterocycles. The van der Waals surface area contributed by atoms with E-state index in [1.807, 2.05) is 18.2 Å². The molecule has 0 spiro atoms. The smallest absolute Gasteiger partial charge is 0.126 e. The Labute approximate surface area is 149 Å².